The predicted octanol–water partition coefficient (Wildman–Crippen LogP) is 4.18. The molecule has 0 radical (unpaired) electrons. The van der Waals surface area contributed by atoms with E-state index in [9.17, 15) is 4.79 Å². The van der Waals surface area contributed by atoms with Crippen LogP contribution in [0.25, 0.3) is 16.7 Å². The van der Waals surface area contributed by atoms with E-state index in [2.05, 4.69) is 27.0 Å². The Hall–Kier alpha value is -2.08. The van der Waals surface area contributed by atoms with Crippen molar-refractivity contribution in [3.05, 3.63) is 59.9 Å². The lowest BCUT2D eigenvalue weighted by Gasteiger charge is -2.26. The van der Waals surface area contributed by atoms with Gasteiger partial charge < -0.3 is 11.1 Å². The second-order valence-corrected chi connectivity index (χ2v) is 7.12. The SMILES string of the molecule is Cc1nc2cc(C(=O)NC3CCC(N)CC3)ccc2n1-c1ccccc1.Cl.Cl. The molecule has 0 unspecified atom stereocenters. The topological polar surface area (TPSA) is 72.9 Å². The van der Waals surface area contributed by atoms with E-state index in [0.717, 1.165) is 48.2 Å². The first kappa shape index (κ1) is 22.2. The number of carbonyl (C=O) groups is 1. The molecule has 0 spiro atoms. The van der Waals surface area contributed by atoms with Crippen LogP contribution in [0.15, 0.2) is 48.5 Å². The maximum atomic E-state index is 12.6. The normalized spacial score (nSPS) is 18.8. The summed E-state index contributed by atoms with van der Waals surface area (Å²) in [4.78, 5) is 17.3. The predicted molar refractivity (Wildman–Crippen MR) is 118 cm³/mol. The van der Waals surface area contributed by atoms with E-state index in [4.69, 9.17) is 5.73 Å². The maximum Gasteiger partial charge on any atom is 0.251 e. The van der Waals surface area contributed by atoms with Crippen molar-refractivity contribution in [3.8, 4) is 5.69 Å². The first-order valence-electron chi connectivity index (χ1n) is 9.23. The molecule has 5 nitrogen and oxygen atoms in total. The Morgan fingerprint density at radius 2 is 1.75 bits per heavy atom. The Bertz CT molecular complexity index is 934. The molecule has 7 heteroatoms. The molecule has 150 valence electrons. The van der Waals surface area contributed by atoms with Gasteiger partial charge in [0.1, 0.15) is 5.82 Å². The summed E-state index contributed by atoms with van der Waals surface area (Å²) in [6, 6.07) is 16.4. The summed E-state index contributed by atoms with van der Waals surface area (Å²) in [5.41, 5.74) is 9.52. The number of carbonyl (C=O) groups excluding carboxylic acids is 1. The van der Waals surface area contributed by atoms with E-state index in [1.165, 1.54) is 0 Å². The number of aryl methyl sites for hydroxylation is 1. The van der Waals surface area contributed by atoms with E-state index in [0.29, 0.717) is 5.56 Å². The van der Waals surface area contributed by atoms with Crippen LogP contribution in [0.1, 0.15) is 41.9 Å². The molecule has 0 saturated heterocycles. The van der Waals surface area contributed by atoms with Crippen LogP contribution in [0.3, 0.4) is 0 Å². The minimum absolute atomic E-state index is 0. The highest BCUT2D eigenvalue weighted by Crippen LogP contribution is 2.23. The van der Waals surface area contributed by atoms with E-state index < -0.39 is 0 Å². The van der Waals surface area contributed by atoms with Gasteiger partial charge in [-0.05, 0) is 62.9 Å². The van der Waals surface area contributed by atoms with Crippen molar-refractivity contribution in [1.29, 1.82) is 0 Å². The lowest BCUT2D eigenvalue weighted by molar-refractivity contribution is 0.0926. The summed E-state index contributed by atoms with van der Waals surface area (Å²) in [7, 11) is 0. The molecule has 0 aliphatic heterocycles. The Morgan fingerprint density at radius 1 is 1.07 bits per heavy atom. The monoisotopic (exact) mass is 420 g/mol. The highest BCUT2D eigenvalue weighted by atomic mass is 35.5. The number of hydrogen-bond donors (Lipinski definition) is 2. The molecule has 28 heavy (non-hydrogen) atoms. The van der Waals surface area contributed by atoms with Gasteiger partial charge in [-0.1, -0.05) is 18.2 Å². The number of fused-ring (bicyclic) bond motifs is 1. The molecule has 1 amide bonds. The maximum absolute atomic E-state index is 12.6. The molecule has 1 heterocycles. The molecule has 1 fully saturated rings. The summed E-state index contributed by atoms with van der Waals surface area (Å²) in [5.74, 6) is 0.879. The van der Waals surface area contributed by atoms with Gasteiger partial charge in [-0.3, -0.25) is 9.36 Å². The van der Waals surface area contributed by atoms with Crippen molar-refractivity contribution in [1.82, 2.24) is 14.9 Å². The van der Waals surface area contributed by atoms with Crippen LogP contribution >= 0.6 is 24.8 Å². The summed E-state index contributed by atoms with van der Waals surface area (Å²) >= 11 is 0. The zero-order valence-corrected chi connectivity index (χ0v) is 17.4. The molecule has 3 aromatic rings. The number of aromatic nitrogens is 2. The molecular weight excluding hydrogens is 395 g/mol. The van der Waals surface area contributed by atoms with Crippen LogP contribution in [0, 0.1) is 6.92 Å². The fourth-order valence-corrected chi connectivity index (χ4v) is 3.78. The third-order valence-electron chi connectivity index (χ3n) is 5.21. The third kappa shape index (κ3) is 4.49. The summed E-state index contributed by atoms with van der Waals surface area (Å²) in [6.45, 7) is 1.98. The van der Waals surface area contributed by atoms with Crippen LogP contribution in [0.5, 0.6) is 0 Å². The number of nitrogens with one attached hydrogen (secondary N) is 1. The summed E-state index contributed by atoms with van der Waals surface area (Å²) < 4.78 is 2.11. The Kier molecular flexibility index (Phi) is 7.47. The minimum Gasteiger partial charge on any atom is -0.349 e. The molecule has 1 saturated carbocycles. The highest BCUT2D eigenvalue weighted by molar-refractivity contribution is 5.97. The molecule has 1 aromatic heterocycles. The zero-order chi connectivity index (χ0) is 18.1. The molecule has 2 aromatic carbocycles. The average Bonchev–Trinajstić information content (AvgIpc) is 2.99. The van der Waals surface area contributed by atoms with Crippen LogP contribution in [0.4, 0.5) is 0 Å². The van der Waals surface area contributed by atoms with Gasteiger partial charge in [0.25, 0.3) is 5.91 Å². The minimum atomic E-state index is -0.0284. The van der Waals surface area contributed by atoms with Gasteiger partial charge >= 0.3 is 0 Å². The number of imidazole rings is 1. The fourth-order valence-electron chi connectivity index (χ4n) is 3.78. The van der Waals surface area contributed by atoms with Crippen molar-refractivity contribution in [2.24, 2.45) is 5.73 Å². The number of rotatable bonds is 3. The van der Waals surface area contributed by atoms with Gasteiger partial charge in [-0.25, -0.2) is 4.98 Å². The number of nitrogens with two attached hydrogens (primary N) is 1. The number of benzene rings is 2. The van der Waals surface area contributed by atoms with E-state index >= 15 is 0 Å². The molecule has 0 atom stereocenters. The number of nitrogens with zero attached hydrogens (tertiary/aromatic N) is 2. The molecule has 3 N–H and O–H groups in total. The largest absolute Gasteiger partial charge is 0.349 e. The van der Waals surface area contributed by atoms with Crippen molar-refractivity contribution < 1.29 is 4.79 Å². The summed E-state index contributed by atoms with van der Waals surface area (Å²) in [5, 5.41) is 3.14. The second kappa shape index (κ2) is 9.41. The lowest BCUT2D eigenvalue weighted by atomic mass is 9.91. The highest BCUT2D eigenvalue weighted by Gasteiger charge is 2.21. The van der Waals surface area contributed by atoms with Crippen molar-refractivity contribution in [2.75, 3.05) is 0 Å². The smallest absolute Gasteiger partial charge is 0.251 e. The van der Waals surface area contributed by atoms with Gasteiger partial charge in [0.2, 0.25) is 0 Å². The Balaban J connectivity index is 0.00000140. The zero-order valence-electron chi connectivity index (χ0n) is 15.8. The van der Waals surface area contributed by atoms with Gasteiger partial charge in [0.05, 0.1) is 11.0 Å². The number of hydrogen-bond acceptors (Lipinski definition) is 3. The van der Waals surface area contributed by atoms with Gasteiger partial charge in [0, 0.05) is 23.3 Å². The van der Waals surface area contributed by atoms with Gasteiger partial charge in [-0.2, -0.15) is 0 Å². The average molecular weight is 421 g/mol. The molecular formula is C21H26Cl2N4O. The number of amides is 1. The van der Waals surface area contributed by atoms with E-state index in [1.54, 1.807) is 0 Å². The lowest BCUT2D eigenvalue weighted by Crippen LogP contribution is -2.40. The number of para-hydroxylation sites is 1. The molecule has 1 aliphatic carbocycles. The Labute approximate surface area is 177 Å². The number of halogens is 2. The first-order chi connectivity index (χ1) is 12.6. The fraction of sp³-hybridized carbons (Fsp3) is 0.333. The third-order valence-corrected chi connectivity index (χ3v) is 5.21. The first-order valence-corrected chi connectivity index (χ1v) is 9.23. The van der Waals surface area contributed by atoms with Crippen LogP contribution in [0.2, 0.25) is 0 Å². The molecule has 4 rings (SSSR count). The van der Waals surface area contributed by atoms with Crippen LogP contribution < -0.4 is 11.1 Å². The van der Waals surface area contributed by atoms with Crippen molar-refractivity contribution in [2.45, 2.75) is 44.7 Å². The quantitative estimate of drug-likeness (QED) is 0.667. The Morgan fingerprint density at radius 3 is 2.43 bits per heavy atom. The van der Waals surface area contributed by atoms with E-state index in [1.807, 2.05) is 43.3 Å². The van der Waals surface area contributed by atoms with Gasteiger partial charge in [-0.15, -0.1) is 24.8 Å². The molecule has 0 bridgehead atoms. The second-order valence-electron chi connectivity index (χ2n) is 7.12. The molecule has 1 aliphatic rings. The summed E-state index contributed by atoms with van der Waals surface area (Å²) in [6.07, 6.45) is 3.86. The van der Waals surface area contributed by atoms with Crippen molar-refractivity contribution >= 4 is 41.8 Å². The standard InChI is InChI=1S/C21H24N4O.2ClH/c1-14-23-19-13-15(21(26)24-17-10-8-16(22)9-11-17)7-12-20(19)25(14)18-5-3-2-4-6-18;;/h2-7,12-13,16-17H,8-11,22H2,1H3,(H,24,26);2*1H. The van der Waals surface area contributed by atoms with E-state index in [-0.39, 0.29) is 42.8 Å². The van der Waals surface area contributed by atoms with Crippen LogP contribution in [-0.4, -0.2) is 27.5 Å². The van der Waals surface area contributed by atoms with Gasteiger partial charge in [0.15, 0.2) is 0 Å². The van der Waals surface area contributed by atoms with Crippen LogP contribution in [-0.2, 0) is 0 Å². The van der Waals surface area contributed by atoms with Crippen molar-refractivity contribution in [3.63, 3.8) is 0 Å².